The molecular weight excluding hydrogens is 514 g/mol. The lowest BCUT2D eigenvalue weighted by atomic mass is 9.96. The lowest BCUT2D eigenvalue weighted by molar-refractivity contribution is 0.343. The van der Waals surface area contributed by atoms with Crippen molar-refractivity contribution < 1.29 is 8.78 Å². The molecule has 0 atom stereocenters. The molecular formula is C30H30F2N6S. The van der Waals surface area contributed by atoms with E-state index in [4.69, 9.17) is 10.7 Å². The van der Waals surface area contributed by atoms with Crippen molar-refractivity contribution >= 4 is 23.2 Å². The van der Waals surface area contributed by atoms with Crippen LogP contribution in [0.4, 0.5) is 14.5 Å². The summed E-state index contributed by atoms with van der Waals surface area (Å²) < 4.78 is 33.8. The molecule has 4 aromatic rings. The van der Waals surface area contributed by atoms with Gasteiger partial charge in [0.05, 0.1) is 17.9 Å². The first kappa shape index (κ1) is 25.6. The Labute approximate surface area is 230 Å². The van der Waals surface area contributed by atoms with Crippen LogP contribution in [0.2, 0.25) is 0 Å². The van der Waals surface area contributed by atoms with Crippen LogP contribution in [0, 0.1) is 11.6 Å². The Morgan fingerprint density at radius 3 is 2.54 bits per heavy atom. The van der Waals surface area contributed by atoms with Gasteiger partial charge in [0.2, 0.25) is 0 Å². The van der Waals surface area contributed by atoms with Gasteiger partial charge in [-0.25, -0.2) is 8.78 Å². The minimum atomic E-state index is -0.612. The number of pyridine rings is 1. The van der Waals surface area contributed by atoms with E-state index < -0.39 is 11.6 Å². The van der Waals surface area contributed by atoms with Gasteiger partial charge in [0.25, 0.3) is 0 Å². The summed E-state index contributed by atoms with van der Waals surface area (Å²) >= 11 is 1.66. The predicted molar refractivity (Wildman–Crippen MR) is 154 cm³/mol. The predicted octanol–water partition coefficient (Wildman–Crippen LogP) is 6.39. The van der Waals surface area contributed by atoms with Crippen LogP contribution in [0.3, 0.4) is 0 Å². The van der Waals surface area contributed by atoms with E-state index in [9.17, 15) is 8.78 Å². The van der Waals surface area contributed by atoms with Crippen LogP contribution in [0.5, 0.6) is 0 Å². The van der Waals surface area contributed by atoms with Gasteiger partial charge in [0, 0.05) is 57.9 Å². The van der Waals surface area contributed by atoms with Crippen LogP contribution >= 0.6 is 11.9 Å². The maximum Gasteiger partial charge on any atom is 0.133 e. The largest absolute Gasteiger partial charge is 0.404 e. The molecule has 0 unspecified atom stereocenters. The fourth-order valence-corrected chi connectivity index (χ4v) is 5.66. The fourth-order valence-electron chi connectivity index (χ4n) is 4.87. The van der Waals surface area contributed by atoms with Crippen molar-refractivity contribution in [3.05, 3.63) is 96.2 Å². The van der Waals surface area contributed by atoms with E-state index in [1.807, 2.05) is 42.7 Å². The highest BCUT2D eigenvalue weighted by molar-refractivity contribution is 8.01. The molecule has 6 rings (SSSR count). The van der Waals surface area contributed by atoms with Gasteiger partial charge < -0.3 is 15.8 Å². The summed E-state index contributed by atoms with van der Waals surface area (Å²) in [5.74, 6) is -1.22. The van der Waals surface area contributed by atoms with Crippen LogP contribution in [0.1, 0.15) is 43.0 Å². The first-order chi connectivity index (χ1) is 19.1. The number of nitrogens with one attached hydrogen (secondary N) is 2. The Balaban J connectivity index is 1.29. The second kappa shape index (κ2) is 11.2. The van der Waals surface area contributed by atoms with Crippen LogP contribution in [0.15, 0.2) is 73.3 Å². The van der Waals surface area contributed by atoms with Crippen molar-refractivity contribution in [2.45, 2.75) is 37.0 Å². The minimum Gasteiger partial charge on any atom is -0.404 e. The second-order valence-electron chi connectivity index (χ2n) is 10.0. The smallest absolute Gasteiger partial charge is 0.133 e. The molecule has 200 valence electrons. The van der Waals surface area contributed by atoms with Crippen molar-refractivity contribution in [1.29, 1.82) is 0 Å². The first-order valence-corrected chi connectivity index (χ1v) is 14.1. The van der Waals surface area contributed by atoms with Crippen molar-refractivity contribution in [3.8, 4) is 22.3 Å². The van der Waals surface area contributed by atoms with Gasteiger partial charge in [-0.2, -0.15) is 5.10 Å². The van der Waals surface area contributed by atoms with Gasteiger partial charge in [-0.1, -0.05) is 6.07 Å². The molecule has 1 saturated carbocycles. The number of benzene rings is 2. The monoisotopic (exact) mass is 544 g/mol. The maximum absolute atomic E-state index is 14.7. The molecule has 4 N–H and O–H groups in total. The van der Waals surface area contributed by atoms with Gasteiger partial charge in [-0.15, -0.1) is 0 Å². The van der Waals surface area contributed by atoms with Crippen LogP contribution in [-0.2, 0) is 0 Å². The average molecular weight is 545 g/mol. The first-order valence-electron chi connectivity index (χ1n) is 13.2. The third-order valence-electron chi connectivity index (χ3n) is 7.18. The fraction of sp³-hybridized carbons (Fsp3) is 0.267. The molecule has 1 aliphatic carbocycles. The van der Waals surface area contributed by atoms with E-state index in [0.29, 0.717) is 28.1 Å². The zero-order chi connectivity index (χ0) is 26.8. The molecule has 0 bridgehead atoms. The third kappa shape index (κ3) is 5.84. The summed E-state index contributed by atoms with van der Waals surface area (Å²) in [5, 5.41) is 8.57. The van der Waals surface area contributed by atoms with E-state index >= 15 is 0 Å². The van der Waals surface area contributed by atoms with Crippen molar-refractivity contribution in [2.24, 2.45) is 5.73 Å². The number of nitrogens with two attached hydrogens (primary N) is 1. The highest BCUT2D eigenvalue weighted by Crippen LogP contribution is 2.37. The van der Waals surface area contributed by atoms with E-state index in [-0.39, 0.29) is 0 Å². The summed E-state index contributed by atoms with van der Waals surface area (Å²) in [6.45, 7) is 2.02. The molecule has 0 spiro atoms. The Morgan fingerprint density at radius 2 is 1.82 bits per heavy atom. The summed E-state index contributed by atoms with van der Waals surface area (Å²) in [4.78, 5) is 4.73. The summed E-state index contributed by atoms with van der Waals surface area (Å²) in [5.41, 5.74) is 12.1. The molecule has 2 aliphatic rings. The number of rotatable bonds is 8. The highest BCUT2D eigenvalue weighted by Gasteiger charge is 2.22. The van der Waals surface area contributed by atoms with Crippen LogP contribution < -0.4 is 15.8 Å². The molecule has 3 heterocycles. The van der Waals surface area contributed by atoms with E-state index in [0.717, 1.165) is 59.9 Å². The highest BCUT2D eigenvalue weighted by atomic mass is 32.2. The zero-order valence-corrected chi connectivity index (χ0v) is 22.2. The van der Waals surface area contributed by atoms with Gasteiger partial charge in [0.15, 0.2) is 0 Å². The van der Waals surface area contributed by atoms with Crippen LogP contribution in [-0.4, -0.2) is 33.1 Å². The van der Waals surface area contributed by atoms with E-state index in [1.165, 1.54) is 31.2 Å². The molecule has 1 saturated heterocycles. The van der Waals surface area contributed by atoms with E-state index in [1.54, 1.807) is 11.9 Å². The topological polar surface area (TPSA) is 80.8 Å². The van der Waals surface area contributed by atoms with Crippen molar-refractivity contribution in [3.63, 3.8) is 0 Å². The second-order valence-corrected chi connectivity index (χ2v) is 11.2. The molecule has 39 heavy (non-hydrogen) atoms. The molecule has 2 fully saturated rings. The van der Waals surface area contributed by atoms with E-state index in [2.05, 4.69) is 26.0 Å². The number of nitrogens with zero attached hydrogens (tertiary/aromatic N) is 3. The standard InChI is InChI=1S/C30H30F2N6S/c31-23-2-5-27(29(32)14-23)20-11-21(13-24(12-20)37-39-26-3-4-26)28(15-33)30-6-1-19(16-35-30)22-17-36-38(18-22)25-7-9-34-10-8-25/h1-2,5-6,11-18,25-26,34,37H,3-4,7-10,33H2. The quantitative estimate of drug-likeness (QED) is 0.223. The average Bonchev–Trinajstić information content (AvgIpc) is 3.66. The molecule has 1 aliphatic heterocycles. The van der Waals surface area contributed by atoms with Gasteiger partial charge >= 0.3 is 0 Å². The number of piperidine rings is 1. The molecule has 2 aromatic heterocycles. The van der Waals surface area contributed by atoms with Crippen molar-refractivity contribution in [2.75, 3.05) is 17.8 Å². The Morgan fingerprint density at radius 1 is 0.974 bits per heavy atom. The maximum atomic E-state index is 14.7. The molecule has 0 radical (unpaired) electrons. The number of anilines is 1. The van der Waals surface area contributed by atoms with Gasteiger partial charge in [0.1, 0.15) is 11.6 Å². The third-order valence-corrected chi connectivity index (χ3v) is 8.34. The summed E-state index contributed by atoms with van der Waals surface area (Å²) in [6, 6.07) is 13.7. The van der Waals surface area contributed by atoms with Gasteiger partial charge in [-0.05, 0) is 98.2 Å². The number of hydrogen-bond donors (Lipinski definition) is 3. The minimum absolute atomic E-state index is 0.322. The number of halogens is 2. The number of aromatic nitrogens is 3. The number of hydrogen-bond acceptors (Lipinski definition) is 6. The Bertz CT molecular complexity index is 1490. The Hall–Kier alpha value is -3.69. The SMILES string of the molecule is NC=C(c1cc(NSC2CC2)cc(-c2ccc(F)cc2F)c1)c1ccc(-c2cnn(C3CCNCC3)c2)cn1. The molecule has 6 nitrogen and oxygen atoms in total. The van der Waals surface area contributed by atoms with Crippen molar-refractivity contribution in [1.82, 2.24) is 20.1 Å². The molecule has 9 heteroatoms. The summed E-state index contributed by atoms with van der Waals surface area (Å²) in [6.07, 6.45) is 11.8. The lowest BCUT2D eigenvalue weighted by Gasteiger charge is -2.22. The molecule has 2 aromatic carbocycles. The Kier molecular flexibility index (Phi) is 7.34. The molecule has 0 amide bonds. The van der Waals surface area contributed by atoms with Crippen LogP contribution in [0.25, 0.3) is 27.8 Å². The zero-order valence-electron chi connectivity index (χ0n) is 21.4. The normalized spacial score (nSPS) is 16.4. The summed E-state index contributed by atoms with van der Waals surface area (Å²) in [7, 11) is 0. The van der Waals surface area contributed by atoms with Gasteiger partial charge in [-0.3, -0.25) is 9.67 Å². The lowest BCUT2D eigenvalue weighted by Crippen LogP contribution is -2.29.